The molecule has 0 heterocycles. The maximum atomic E-state index is 2.12. The molecule has 1 aromatic rings. The van der Waals surface area contributed by atoms with Gasteiger partial charge in [-0.1, -0.05) is 38.1 Å². The quantitative estimate of drug-likeness (QED) is 0.654. The van der Waals surface area contributed by atoms with Crippen molar-refractivity contribution in [3.8, 4) is 0 Å². The zero-order valence-corrected chi connectivity index (χ0v) is 12.0. The number of benzene rings is 1. The second kappa shape index (κ2) is 8.37. The fourth-order valence-corrected chi connectivity index (χ4v) is 0.663. The van der Waals surface area contributed by atoms with Gasteiger partial charge in [0, 0.05) is 31.1 Å². The van der Waals surface area contributed by atoms with Crippen LogP contribution in [0.4, 0.5) is 0 Å². The minimum Gasteiger partial charge on any atom is -0.0683 e. The Bertz CT molecular complexity index is 161. The summed E-state index contributed by atoms with van der Waals surface area (Å²) in [6.07, 6.45) is 0. The average Bonchev–Trinajstić information content (AvgIpc) is 2.00. The standard InChI is InChI=1S/C8H10.C2H6.U/c1-7-5-3-4-6-8(7)2;1-2;/h3-6H,1-2H3;1-2H3;. The molecule has 0 aliphatic carbocycles. The Morgan fingerprint density at radius 1 is 0.818 bits per heavy atom. The van der Waals surface area contributed by atoms with E-state index < -0.39 is 0 Å². The van der Waals surface area contributed by atoms with Gasteiger partial charge >= 0.3 is 0 Å². The Morgan fingerprint density at radius 3 is 1.27 bits per heavy atom. The van der Waals surface area contributed by atoms with Crippen LogP contribution in [0.25, 0.3) is 0 Å². The van der Waals surface area contributed by atoms with E-state index in [4.69, 9.17) is 0 Å². The molecule has 0 amide bonds. The molecule has 1 aromatic carbocycles. The van der Waals surface area contributed by atoms with Crippen molar-refractivity contribution in [3.63, 3.8) is 0 Å². The van der Waals surface area contributed by atoms with Crippen molar-refractivity contribution < 1.29 is 31.1 Å². The van der Waals surface area contributed by atoms with Crippen LogP contribution in [0.15, 0.2) is 24.3 Å². The molecule has 1 rings (SSSR count). The molecule has 0 spiro atoms. The Kier molecular flexibility index (Phi) is 10.5. The van der Waals surface area contributed by atoms with Crippen LogP contribution in [0.2, 0.25) is 0 Å². The average molecular weight is 374 g/mol. The molecule has 0 saturated carbocycles. The van der Waals surface area contributed by atoms with Gasteiger partial charge in [-0.25, -0.2) is 0 Å². The monoisotopic (exact) mass is 374 g/mol. The fourth-order valence-electron chi connectivity index (χ4n) is 0.663. The van der Waals surface area contributed by atoms with Crippen molar-refractivity contribution in [2.24, 2.45) is 0 Å². The molecule has 0 atom stereocenters. The van der Waals surface area contributed by atoms with E-state index in [0.717, 1.165) is 0 Å². The summed E-state index contributed by atoms with van der Waals surface area (Å²) >= 11 is 0. The molecule has 0 unspecified atom stereocenters. The maximum Gasteiger partial charge on any atom is 0 e. The minimum atomic E-state index is 0. The van der Waals surface area contributed by atoms with Crippen LogP contribution >= 0.6 is 0 Å². The molecule has 11 heavy (non-hydrogen) atoms. The van der Waals surface area contributed by atoms with Gasteiger partial charge < -0.3 is 0 Å². The van der Waals surface area contributed by atoms with Crippen LogP contribution in [0.3, 0.4) is 0 Å². The molecule has 0 aliphatic heterocycles. The van der Waals surface area contributed by atoms with E-state index in [0.29, 0.717) is 0 Å². The molecule has 0 radical (unpaired) electrons. The van der Waals surface area contributed by atoms with E-state index >= 15 is 0 Å². The van der Waals surface area contributed by atoms with Crippen molar-refractivity contribution in [3.05, 3.63) is 35.4 Å². The summed E-state index contributed by atoms with van der Waals surface area (Å²) in [5.41, 5.74) is 2.74. The SMILES string of the molecule is CC.Cc1ccccc1C.[U]. The predicted octanol–water partition coefficient (Wildman–Crippen LogP) is 3.33. The molecule has 0 aromatic heterocycles. The molecule has 0 saturated heterocycles. The third-order valence-electron chi connectivity index (χ3n) is 1.43. The topological polar surface area (TPSA) is 0 Å². The van der Waals surface area contributed by atoms with Gasteiger partial charge in [-0.2, -0.15) is 0 Å². The minimum absolute atomic E-state index is 0. The first-order chi connectivity index (χ1) is 4.80. The molecule has 0 N–H and O–H groups in total. The largest absolute Gasteiger partial charge is 0.0683 e. The van der Waals surface area contributed by atoms with Gasteiger partial charge in [0.1, 0.15) is 0 Å². The number of hydrogen-bond donors (Lipinski definition) is 0. The Balaban J connectivity index is 0. The first-order valence-corrected chi connectivity index (χ1v) is 3.83. The summed E-state index contributed by atoms with van der Waals surface area (Å²) in [5.74, 6) is 0. The third-order valence-corrected chi connectivity index (χ3v) is 1.43. The first-order valence-electron chi connectivity index (χ1n) is 3.83. The predicted molar refractivity (Wildman–Crippen MR) is 47.3 cm³/mol. The van der Waals surface area contributed by atoms with Crippen LogP contribution in [0.1, 0.15) is 25.0 Å². The summed E-state index contributed by atoms with van der Waals surface area (Å²) in [5, 5.41) is 0. The van der Waals surface area contributed by atoms with Gasteiger partial charge in [0.15, 0.2) is 0 Å². The van der Waals surface area contributed by atoms with E-state index in [1.807, 2.05) is 13.8 Å². The van der Waals surface area contributed by atoms with Gasteiger partial charge in [-0.15, -0.1) is 0 Å². The smallest absolute Gasteiger partial charge is 0 e. The second-order valence-corrected chi connectivity index (χ2v) is 2.08. The van der Waals surface area contributed by atoms with Crippen molar-refractivity contribution in [1.29, 1.82) is 0 Å². The molecule has 0 fully saturated rings. The summed E-state index contributed by atoms with van der Waals surface area (Å²) in [7, 11) is 0. The van der Waals surface area contributed by atoms with Crippen molar-refractivity contribution in [1.82, 2.24) is 0 Å². The van der Waals surface area contributed by atoms with Gasteiger partial charge in [0.05, 0.1) is 0 Å². The van der Waals surface area contributed by atoms with E-state index in [-0.39, 0.29) is 31.1 Å². The van der Waals surface area contributed by atoms with Crippen molar-refractivity contribution >= 4 is 0 Å². The van der Waals surface area contributed by atoms with Gasteiger partial charge in [-0.05, 0) is 25.0 Å². The first kappa shape index (κ1) is 13.8. The fraction of sp³-hybridized carbons (Fsp3) is 0.400. The van der Waals surface area contributed by atoms with E-state index in [1.54, 1.807) is 0 Å². The summed E-state index contributed by atoms with van der Waals surface area (Å²) in [4.78, 5) is 0. The maximum absolute atomic E-state index is 2.12. The van der Waals surface area contributed by atoms with Crippen LogP contribution < -0.4 is 0 Å². The molecular weight excluding hydrogens is 358 g/mol. The normalized spacial score (nSPS) is 7.27. The van der Waals surface area contributed by atoms with E-state index in [2.05, 4.69) is 38.1 Å². The van der Waals surface area contributed by atoms with E-state index in [9.17, 15) is 0 Å². The number of hydrogen-bond acceptors (Lipinski definition) is 0. The molecule has 60 valence electrons. The molecule has 0 bridgehead atoms. The summed E-state index contributed by atoms with van der Waals surface area (Å²) in [6.45, 7) is 8.24. The van der Waals surface area contributed by atoms with Crippen molar-refractivity contribution in [2.75, 3.05) is 0 Å². The van der Waals surface area contributed by atoms with Crippen molar-refractivity contribution in [2.45, 2.75) is 27.7 Å². The van der Waals surface area contributed by atoms with Gasteiger partial charge in [0.25, 0.3) is 0 Å². The molecule has 0 nitrogen and oxygen atoms in total. The van der Waals surface area contributed by atoms with Crippen LogP contribution in [-0.4, -0.2) is 0 Å². The zero-order valence-electron chi connectivity index (χ0n) is 7.81. The van der Waals surface area contributed by atoms with E-state index in [1.165, 1.54) is 11.1 Å². The van der Waals surface area contributed by atoms with Gasteiger partial charge in [-0.3, -0.25) is 0 Å². The number of rotatable bonds is 0. The summed E-state index contributed by atoms with van der Waals surface area (Å²) < 4.78 is 0. The molecular formula is C10H16U. The van der Waals surface area contributed by atoms with Crippen LogP contribution in [-0.2, 0) is 0 Å². The van der Waals surface area contributed by atoms with Gasteiger partial charge in [0.2, 0.25) is 0 Å². The van der Waals surface area contributed by atoms with Crippen LogP contribution in [0, 0.1) is 45.0 Å². The third kappa shape index (κ3) is 5.53. The number of aryl methyl sites for hydroxylation is 2. The Hall–Kier alpha value is 0.272. The van der Waals surface area contributed by atoms with Crippen LogP contribution in [0.5, 0.6) is 0 Å². The molecule has 1 heteroatoms. The molecule has 0 aliphatic rings. The Morgan fingerprint density at radius 2 is 1.09 bits per heavy atom. The second-order valence-electron chi connectivity index (χ2n) is 2.08. The Labute approximate surface area is 93.8 Å². The zero-order chi connectivity index (χ0) is 7.98. The summed E-state index contributed by atoms with van der Waals surface area (Å²) in [6, 6.07) is 8.36.